The van der Waals surface area contributed by atoms with E-state index in [9.17, 15) is 39.9 Å². The maximum atomic E-state index is 13.2. The Labute approximate surface area is 194 Å². The Balaban J connectivity index is 2.35. The number of amides is 1. The first-order valence-electron chi connectivity index (χ1n) is 10.1. The van der Waals surface area contributed by atoms with Crippen molar-refractivity contribution in [2.75, 3.05) is 14.1 Å². The number of primary amides is 1. The molecule has 33 heavy (non-hydrogen) atoms. The highest BCUT2D eigenvalue weighted by atomic mass is 35.5. The first kappa shape index (κ1) is 24.7. The van der Waals surface area contributed by atoms with E-state index in [1.54, 1.807) is 14.1 Å². The average molecular weight is 481 g/mol. The molecule has 178 valence electrons. The van der Waals surface area contributed by atoms with Crippen molar-refractivity contribution in [3.05, 3.63) is 45.2 Å². The number of nitrogens with zero attached hydrogens (tertiary/aromatic N) is 1. The first-order chi connectivity index (χ1) is 15.2. The lowest BCUT2D eigenvalue weighted by atomic mass is 9.67. The predicted molar refractivity (Wildman–Crippen MR) is 117 cm³/mol. The van der Waals surface area contributed by atoms with E-state index in [4.69, 9.17) is 17.3 Å². The molecule has 0 spiro atoms. The van der Waals surface area contributed by atoms with Gasteiger partial charge in [-0.2, -0.15) is 0 Å². The highest BCUT2D eigenvalue weighted by Gasteiger charge is 2.51. The largest absolute Gasteiger partial charge is 0.510 e. The van der Waals surface area contributed by atoms with Gasteiger partial charge >= 0.3 is 0 Å². The van der Waals surface area contributed by atoms with Crippen molar-refractivity contribution < 1.29 is 39.9 Å². The van der Waals surface area contributed by atoms with Crippen LogP contribution in [0.15, 0.2) is 29.0 Å². The average Bonchev–Trinajstić information content (AvgIpc) is 2.71. The number of ketones is 2. The number of hydrogen-bond donors (Lipinski definition) is 6. The van der Waals surface area contributed by atoms with Crippen LogP contribution in [0.25, 0.3) is 5.76 Å². The fourth-order valence-corrected chi connectivity index (χ4v) is 5.03. The zero-order valence-corrected chi connectivity index (χ0v) is 18.9. The number of rotatable bonds is 2. The molecule has 0 saturated heterocycles. The summed E-state index contributed by atoms with van der Waals surface area (Å²) >= 11 is 6.27. The second kappa shape index (κ2) is 8.45. The maximum Gasteiger partial charge on any atom is 0.255 e. The number of carbonyl (C=O) groups is 3. The van der Waals surface area contributed by atoms with Crippen LogP contribution in [-0.4, -0.2) is 74.1 Å². The molecule has 11 heteroatoms. The minimum atomic E-state index is -2.51. The number of halogens is 1. The van der Waals surface area contributed by atoms with E-state index in [1.807, 2.05) is 0 Å². The molecule has 4 atom stereocenters. The summed E-state index contributed by atoms with van der Waals surface area (Å²) in [6, 6.07) is 1.53. The summed E-state index contributed by atoms with van der Waals surface area (Å²) in [5.74, 6) is -7.23. The molecule has 0 aliphatic heterocycles. The molecule has 1 unspecified atom stereocenters. The normalized spacial score (nSPS) is 28.6. The van der Waals surface area contributed by atoms with Crippen LogP contribution in [0.1, 0.15) is 30.9 Å². The molecule has 2 aliphatic rings. The molecule has 1 amide bonds. The third-order valence-corrected chi connectivity index (χ3v) is 6.65. The van der Waals surface area contributed by atoms with E-state index in [2.05, 4.69) is 0 Å². The SMILES string of the molecule is CN(C)[C@@H]1CCC2C(=C(O)c3c(O)ccc(Cl)c3[C@@]2(C)O)C(=O)[C@H](O)C(=O)C(C(N)=O)=C1O. The number of aliphatic hydroxyl groups is 4. The number of aromatic hydroxyl groups is 1. The third-order valence-electron chi connectivity index (χ3n) is 6.34. The van der Waals surface area contributed by atoms with Gasteiger partial charge in [0.05, 0.1) is 17.2 Å². The van der Waals surface area contributed by atoms with Crippen LogP contribution in [0.3, 0.4) is 0 Å². The van der Waals surface area contributed by atoms with Gasteiger partial charge in [0.2, 0.25) is 5.78 Å². The van der Waals surface area contributed by atoms with Crippen molar-refractivity contribution in [2.24, 2.45) is 11.7 Å². The highest BCUT2D eigenvalue weighted by Crippen LogP contribution is 2.52. The van der Waals surface area contributed by atoms with Gasteiger partial charge in [-0.1, -0.05) is 11.6 Å². The molecule has 3 rings (SSSR count). The van der Waals surface area contributed by atoms with Gasteiger partial charge in [-0.15, -0.1) is 0 Å². The Kier molecular flexibility index (Phi) is 6.33. The third kappa shape index (κ3) is 3.78. The quantitative estimate of drug-likeness (QED) is 0.262. The van der Waals surface area contributed by atoms with Gasteiger partial charge < -0.3 is 31.3 Å². The number of hydrogen-bond acceptors (Lipinski definition) is 9. The fourth-order valence-electron chi connectivity index (χ4n) is 4.68. The van der Waals surface area contributed by atoms with Gasteiger partial charge in [-0.3, -0.25) is 19.3 Å². The van der Waals surface area contributed by atoms with Crippen molar-refractivity contribution in [1.29, 1.82) is 0 Å². The van der Waals surface area contributed by atoms with Crippen LogP contribution in [0, 0.1) is 5.92 Å². The molecule has 2 aliphatic carbocycles. The Morgan fingerprint density at radius 2 is 1.76 bits per heavy atom. The number of aliphatic hydroxyl groups excluding tert-OH is 3. The summed E-state index contributed by atoms with van der Waals surface area (Å²) in [4.78, 5) is 39.5. The van der Waals surface area contributed by atoms with E-state index >= 15 is 0 Å². The van der Waals surface area contributed by atoms with Crippen molar-refractivity contribution in [2.45, 2.75) is 37.5 Å². The monoisotopic (exact) mass is 480 g/mol. The highest BCUT2D eigenvalue weighted by molar-refractivity contribution is 6.32. The molecule has 0 saturated carbocycles. The van der Waals surface area contributed by atoms with Gasteiger partial charge in [0.15, 0.2) is 11.9 Å². The summed E-state index contributed by atoms with van der Waals surface area (Å²) in [6.45, 7) is 1.33. The Morgan fingerprint density at radius 1 is 1.15 bits per heavy atom. The second-order valence-corrected chi connectivity index (χ2v) is 9.00. The van der Waals surface area contributed by atoms with Crippen LogP contribution in [0.2, 0.25) is 5.02 Å². The number of fused-ring (bicyclic) bond motifs is 2. The van der Waals surface area contributed by atoms with Crippen LogP contribution < -0.4 is 5.73 Å². The lowest BCUT2D eigenvalue weighted by Gasteiger charge is -2.42. The van der Waals surface area contributed by atoms with Crippen LogP contribution >= 0.6 is 11.6 Å². The minimum Gasteiger partial charge on any atom is -0.510 e. The van der Waals surface area contributed by atoms with Gasteiger partial charge in [0, 0.05) is 22.1 Å². The zero-order valence-electron chi connectivity index (χ0n) is 18.2. The first-order valence-corrected chi connectivity index (χ1v) is 10.4. The van der Waals surface area contributed by atoms with E-state index in [0.29, 0.717) is 0 Å². The fraction of sp³-hybridized carbons (Fsp3) is 0.409. The van der Waals surface area contributed by atoms with Crippen molar-refractivity contribution in [3.8, 4) is 5.75 Å². The molecular weight excluding hydrogens is 456 g/mol. The standard InChI is InChI=1S/C22H25ClN2O8/c1-22(33)8-4-6-10(25(2)3)16(27)14(21(24)32)19(30)20(31)18(29)12(8)17(28)13-11(26)7-5-9(23)15(13)22/h5,7-8,10,20,26-28,31,33H,4,6H2,1-3H3,(H2,24,32)/t8?,10-,20+,22+/m1/s1. The van der Waals surface area contributed by atoms with Gasteiger partial charge in [-0.05, 0) is 46.0 Å². The number of carbonyl (C=O) groups excluding carboxylic acids is 3. The topological polar surface area (TPSA) is 182 Å². The van der Waals surface area contributed by atoms with Crippen molar-refractivity contribution in [1.82, 2.24) is 4.90 Å². The van der Waals surface area contributed by atoms with Crippen LogP contribution in [0.5, 0.6) is 5.75 Å². The molecule has 10 nitrogen and oxygen atoms in total. The van der Waals surface area contributed by atoms with E-state index in [0.717, 1.165) is 6.07 Å². The Bertz CT molecular complexity index is 1120. The lowest BCUT2D eigenvalue weighted by molar-refractivity contribution is -0.136. The molecule has 0 bridgehead atoms. The van der Waals surface area contributed by atoms with Crippen LogP contribution in [0.4, 0.5) is 0 Å². The second-order valence-electron chi connectivity index (χ2n) is 8.59. The van der Waals surface area contributed by atoms with Crippen molar-refractivity contribution in [3.63, 3.8) is 0 Å². The van der Waals surface area contributed by atoms with Gasteiger partial charge in [-0.25, -0.2) is 0 Å². The zero-order chi connectivity index (χ0) is 25.0. The molecule has 7 N–H and O–H groups in total. The van der Waals surface area contributed by atoms with E-state index in [-0.39, 0.29) is 29.0 Å². The lowest BCUT2D eigenvalue weighted by Crippen LogP contribution is -2.47. The molecule has 1 aromatic rings. The minimum absolute atomic E-state index is 0.00956. The molecule has 0 fully saturated rings. The van der Waals surface area contributed by atoms with E-state index < -0.39 is 69.6 Å². The van der Waals surface area contributed by atoms with Gasteiger partial charge in [0.25, 0.3) is 5.91 Å². The molecule has 0 aromatic heterocycles. The molecular formula is C22H25ClN2O8. The molecule has 0 heterocycles. The van der Waals surface area contributed by atoms with Crippen LogP contribution in [-0.2, 0) is 20.0 Å². The Morgan fingerprint density at radius 3 is 2.30 bits per heavy atom. The number of nitrogens with two attached hydrogens (primary N) is 1. The number of phenolic OH excluding ortho intramolecular Hbond substituents is 1. The summed E-state index contributed by atoms with van der Waals surface area (Å²) in [6.07, 6.45) is -2.55. The molecule has 1 aromatic carbocycles. The predicted octanol–water partition coefficient (Wildman–Crippen LogP) is 0.673. The number of phenols is 1. The number of benzene rings is 1. The number of Topliss-reactive ketones (excluding diaryl/α,β-unsaturated/α-hetero) is 2. The van der Waals surface area contributed by atoms with Crippen molar-refractivity contribution >= 4 is 34.8 Å². The van der Waals surface area contributed by atoms with E-state index in [1.165, 1.54) is 17.9 Å². The Hall–Kier alpha value is -2.92. The maximum absolute atomic E-state index is 13.2. The number of likely N-dealkylation sites (N-methyl/N-ethyl adjacent to an activating group) is 1. The summed E-state index contributed by atoms with van der Waals surface area (Å²) in [7, 11) is 3.13. The summed E-state index contributed by atoms with van der Waals surface area (Å²) < 4.78 is 0. The molecule has 0 radical (unpaired) electrons. The smallest absolute Gasteiger partial charge is 0.255 e. The summed E-state index contributed by atoms with van der Waals surface area (Å²) in [5.41, 5.74) is 1.57. The van der Waals surface area contributed by atoms with Gasteiger partial charge in [0.1, 0.15) is 22.8 Å². The summed E-state index contributed by atoms with van der Waals surface area (Å²) in [5, 5.41) is 54.1.